The van der Waals surface area contributed by atoms with E-state index in [-0.39, 0.29) is 6.03 Å². The summed E-state index contributed by atoms with van der Waals surface area (Å²) in [5, 5.41) is 3.00. The SMILES string of the molecule is CCN(CC)c1ccc(N2CCN(C(=O)NCc3ccncc3)CC2)c(C)c1. The summed E-state index contributed by atoms with van der Waals surface area (Å²) in [7, 11) is 0. The molecule has 2 amide bonds. The highest BCUT2D eigenvalue weighted by Gasteiger charge is 2.22. The van der Waals surface area contributed by atoms with Gasteiger partial charge in [-0.25, -0.2) is 4.79 Å². The summed E-state index contributed by atoms with van der Waals surface area (Å²) < 4.78 is 0. The molecule has 2 aromatic rings. The quantitative estimate of drug-likeness (QED) is 0.834. The van der Waals surface area contributed by atoms with Gasteiger partial charge in [-0.05, 0) is 62.2 Å². The van der Waals surface area contributed by atoms with Gasteiger partial charge in [-0.3, -0.25) is 4.98 Å². The zero-order valence-electron chi connectivity index (χ0n) is 17.2. The maximum absolute atomic E-state index is 12.4. The molecule has 1 saturated heterocycles. The molecule has 0 radical (unpaired) electrons. The Morgan fingerprint density at radius 1 is 1.07 bits per heavy atom. The van der Waals surface area contributed by atoms with Crippen LogP contribution in [0.3, 0.4) is 0 Å². The topological polar surface area (TPSA) is 51.7 Å². The number of nitrogens with one attached hydrogen (secondary N) is 1. The lowest BCUT2D eigenvalue weighted by Crippen LogP contribution is -2.51. The lowest BCUT2D eigenvalue weighted by Gasteiger charge is -2.37. The molecule has 1 N–H and O–H groups in total. The minimum absolute atomic E-state index is 0.00469. The number of nitrogens with zero attached hydrogens (tertiary/aromatic N) is 4. The molecule has 28 heavy (non-hydrogen) atoms. The highest BCUT2D eigenvalue weighted by Crippen LogP contribution is 2.26. The second-order valence-electron chi connectivity index (χ2n) is 7.13. The van der Waals surface area contributed by atoms with Gasteiger partial charge in [0.1, 0.15) is 0 Å². The van der Waals surface area contributed by atoms with Crippen molar-refractivity contribution in [2.45, 2.75) is 27.3 Å². The predicted molar refractivity (Wildman–Crippen MR) is 115 cm³/mol. The largest absolute Gasteiger partial charge is 0.372 e. The molecule has 6 heteroatoms. The number of anilines is 2. The zero-order valence-corrected chi connectivity index (χ0v) is 17.2. The molecule has 0 spiro atoms. The van der Waals surface area contributed by atoms with Gasteiger partial charge in [0.2, 0.25) is 0 Å². The third-order valence-corrected chi connectivity index (χ3v) is 5.41. The highest BCUT2D eigenvalue weighted by atomic mass is 16.2. The van der Waals surface area contributed by atoms with Crippen LogP contribution in [-0.2, 0) is 6.54 Å². The van der Waals surface area contributed by atoms with E-state index in [2.05, 4.69) is 59.1 Å². The Hall–Kier alpha value is -2.76. The molecular formula is C22H31N5O. The maximum atomic E-state index is 12.4. The molecule has 150 valence electrons. The van der Waals surface area contributed by atoms with Gasteiger partial charge in [0.25, 0.3) is 0 Å². The van der Waals surface area contributed by atoms with Crippen LogP contribution >= 0.6 is 0 Å². The van der Waals surface area contributed by atoms with E-state index in [9.17, 15) is 4.79 Å². The van der Waals surface area contributed by atoms with Crippen molar-refractivity contribution in [1.82, 2.24) is 15.2 Å². The number of carbonyl (C=O) groups excluding carboxylic acids is 1. The van der Waals surface area contributed by atoms with E-state index >= 15 is 0 Å². The Balaban J connectivity index is 1.54. The number of benzene rings is 1. The first kappa shape index (κ1) is 20.0. The van der Waals surface area contributed by atoms with Crippen LogP contribution in [-0.4, -0.2) is 55.2 Å². The second-order valence-corrected chi connectivity index (χ2v) is 7.13. The average molecular weight is 382 g/mol. The van der Waals surface area contributed by atoms with Gasteiger partial charge >= 0.3 is 6.03 Å². The van der Waals surface area contributed by atoms with E-state index in [0.717, 1.165) is 44.8 Å². The van der Waals surface area contributed by atoms with Crippen LogP contribution < -0.4 is 15.1 Å². The molecule has 6 nitrogen and oxygen atoms in total. The van der Waals surface area contributed by atoms with Crippen molar-refractivity contribution in [3.05, 3.63) is 53.9 Å². The van der Waals surface area contributed by atoms with Crippen LogP contribution in [0.1, 0.15) is 25.0 Å². The Bertz CT molecular complexity index is 768. The summed E-state index contributed by atoms with van der Waals surface area (Å²) in [6.07, 6.45) is 3.49. The minimum Gasteiger partial charge on any atom is -0.372 e. The molecule has 0 atom stereocenters. The number of piperazine rings is 1. The van der Waals surface area contributed by atoms with Crippen LogP contribution in [0.15, 0.2) is 42.7 Å². The molecular weight excluding hydrogens is 350 g/mol. The van der Waals surface area contributed by atoms with E-state index in [0.29, 0.717) is 6.54 Å². The van der Waals surface area contributed by atoms with Gasteiger partial charge in [0.05, 0.1) is 0 Å². The van der Waals surface area contributed by atoms with Crippen molar-refractivity contribution in [3.63, 3.8) is 0 Å². The molecule has 1 fully saturated rings. The van der Waals surface area contributed by atoms with Gasteiger partial charge in [0, 0.05) is 69.6 Å². The van der Waals surface area contributed by atoms with Crippen molar-refractivity contribution in [3.8, 4) is 0 Å². The fraction of sp³-hybridized carbons (Fsp3) is 0.455. The summed E-state index contributed by atoms with van der Waals surface area (Å²) in [5.41, 5.74) is 4.90. The van der Waals surface area contributed by atoms with Gasteiger partial charge in [-0.15, -0.1) is 0 Å². The first-order valence-electron chi connectivity index (χ1n) is 10.1. The summed E-state index contributed by atoms with van der Waals surface area (Å²) in [4.78, 5) is 23.1. The van der Waals surface area contributed by atoms with Crippen LogP contribution in [0.4, 0.5) is 16.2 Å². The van der Waals surface area contributed by atoms with Gasteiger partial charge in [-0.1, -0.05) is 0 Å². The van der Waals surface area contributed by atoms with Crippen molar-refractivity contribution in [2.24, 2.45) is 0 Å². The van der Waals surface area contributed by atoms with E-state index in [4.69, 9.17) is 0 Å². The van der Waals surface area contributed by atoms with Crippen molar-refractivity contribution in [1.29, 1.82) is 0 Å². The minimum atomic E-state index is 0.00469. The molecule has 2 heterocycles. The maximum Gasteiger partial charge on any atom is 0.317 e. The Labute approximate surface area is 168 Å². The van der Waals surface area contributed by atoms with Crippen molar-refractivity contribution in [2.75, 3.05) is 49.1 Å². The average Bonchev–Trinajstić information content (AvgIpc) is 2.74. The zero-order chi connectivity index (χ0) is 19.9. The number of amides is 2. The predicted octanol–water partition coefficient (Wildman–Crippen LogP) is 3.27. The van der Waals surface area contributed by atoms with Crippen LogP contribution in [0.5, 0.6) is 0 Å². The molecule has 0 aliphatic carbocycles. The summed E-state index contributed by atoms with van der Waals surface area (Å²) in [5.74, 6) is 0. The monoisotopic (exact) mass is 381 g/mol. The Kier molecular flexibility index (Phi) is 6.74. The molecule has 0 bridgehead atoms. The second kappa shape index (κ2) is 9.44. The van der Waals surface area contributed by atoms with E-state index < -0.39 is 0 Å². The third-order valence-electron chi connectivity index (χ3n) is 5.41. The van der Waals surface area contributed by atoms with E-state index in [1.165, 1.54) is 16.9 Å². The normalized spacial score (nSPS) is 14.1. The van der Waals surface area contributed by atoms with Crippen LogP contribution in [0.25, 0.3) is 0 Å². The number of aryl methyl sites for hydroxylation is 1. The molecule has 1 aliphatic rings. The van der Waals surface area contributed by atoms with Crippen LogP contribution in [0, 0.1) is 6.92 Å². The molecule has 3 rings (SSSR count). The lowest BCUT2D eigenvalue weighted by atomic mass is 10.1. The third kappa shape index (κ3) is 4.74. The number of urea groups is 1. The standard InChI is InChI=1S/C22H31N5O/c1-4-25(5-2)20-6-7-21(18(3)16-20)26-12-14-27(15-13-26)22(28)24-17-19-8-10-23-11-9-19/h6-11,16H,4-5,12-15,17H2,1-3H3,(H,24,28). The summed E-state index contributed by atoms with van der Waals surface area (Å²) in [6, 6.07) is 10.6. The fourth-order valence-electron chi connectivity index (χ4n) is 3.72. The summed E-state index contributed by atoms with van der Waals surface area (Å²) in [6.45, 7) is 12.3. The van der Waals surface area contributed by atoms with E-state index in [1.807, 2.05) is 17.0 Å². The fourth-order valence-corrected chi connectivity index (χ4v) is 3.72. The van der Waals surface area contributed by atoms with Crippen LogP contribution in [0.2, 0.25) is 0 Å². The Morgan fingerprint density at radius 2 is 1.75 bits per heavy atom. The molecule has 1 aliphatic heterocycles. The van der Waals surface area contributed by atoms with Crippen molar-refractivity contribution >= 4 is 17.4 Å². The smallest absolute Gasteiger partial charge is 0.317 e. The van der Waals surface area contributed by atoms with Gasteiger partial charge < -0.3 is 20.0 Å². The molecule has 0 unspecified atom stereocenters. The van der Waals surface area contributed by atoms with E-state index in [1.54, 1.807) is 12.4 Å². The van der Waals surface area contributed by atoms with Gasteiger partial charge in [-0.2, -0.15) is 0 Å². The number of rotatable bonds is 6. The molecule has 0 saturated carbocycles. The highest BCUT2D eigenvalue weighted by molar-refractivity contribution is 5.74. The first-order valence-corrected chi connectivity index (χ1v) is 10.1. The number of hydrogen-bond donors (Lipinski definition) is 1. The lowest BCUT2D eigenvalue weighted by molar-refractivity contribution is 0.194. The first-order chi connectivity index (χ1) is 13.6. The van der Waals surface area contributed by atoms with Crippen molar-refractivity contribution < 1.29 is 4.79 Å². The molecule has 1 aromatic heterocycles. The number of pyridine rings is 1. The Morgan fingerprint density at radius 3 is 2.36 bits per heavy atom. The number of hydrogen-bond acceptors (Lipinski definition) is 4. The number of aromatic nitrogens is 1. The summed E-state index contributed by atoms with van der Waals surface area (Å²) >= 11 is 0. The van der Waals surface area contributed by atoms with Gasteiger partial charge in [0.15, 0.2) is 0 Å². The number of carbonyl (C=O) groups is 1. The molecule has 1 aromatic carbocycles.